The number of nitrogens with one attached hydrogen (secondary N) is 1. The first-order valence-corrected chi connectivity index (χ1v) is 22.6. The zero-order valence-electron chi connectivity index (χ0n) is 36.7. The number of aromatic nitrogens is 1. The van der Waals surface area contributed by atoms with Crippen LogP contribution >= 0.6 is 11.3 Å². The molecule has 1 amide bonds. The summed E-state index contributed by atoms with van der Waals surface area (Å²) < 4.78 is 0.919. The minimum Gasteiger partial charge on any atom is -0.505 e. The quantitative estimate of drug-likeness (QED) is 0.0627. The molecule has 1 aliphatic rings. The Morgan fingerprint density at radius 1 is 0.676 bits per heavy atom. The molecule has 3 N–H and O–H groups in total. The van der Waals surface area contributed by atoms with Crippen LogP contribution in [0, 0.1) is 24.8 Å². The van der Waals surface area contributed by atoms with Crippen LogP contribution < -0.4 is 5.32 Å². The van der Waals surface area contributed by atoms with Crippen LogP contribution in [0.4, 0.5) is 27.9 Å². The Balaban J connectivity index is 1.00. The third kappa shape index (κ3) is 7.13. The van der Waals surface area contributed by atoms with Crippen molar-refractivity contribution in [3.05, 3.63) is 184 Å². The van der Waals surface area contributed by atoms with Crippen molar-refractivity contribution >= 4 is 104 Å². The molecule has 0 saturated heterocycles. The van der Waals surface area contributed by atoms with Gasteiger partial charge in [-0.05, 0) is 151 Å². The molecule has 0 saturated carbocycles. The number of hydrogen-bond acceptors (Lipinski definition) is 10. The minimum absolute atomic E-state index is 0.00491. The van der Waals surface area contributed by atoms with E-state index in [4.69, 9.17) is 6.57 Å². The summed E-state index contributed by atoms with van der Waals surface area (Å²) in [4.78, 5) is 22.1. The molecular formula is C56H36N8O3S. The summed E-state index contributed by atoms with van der Waals surface area (Å²) >= 11 is 1.34. The molecule has 0 aliphatic heterocycles. The zero-order valence-corrected chi connectivity index (χ0v) is 37.5. The van der Waals surface area contributed by atoms with Crippen LogP contribution in [0.25, 0.3) is 74.9 Å². The van der Waals surface area contributed by atoms with E-state index < -0.39 is 5.91 Å². The second-order valence-corrected chi connectivity index (χ2v) is 18.1. The molecule has 0 unspecified atom stereocenters. The predicted octanol–water partition coefficient (Wildman–Crippen LogP) is 16.0. The molecule has 12 heteroatoms. The molecule has 0 bridgehead atoms. The van der Waals surface area contributed by atoms with E-state index >= 15 is 0 Å². The van der Waals surface area contributed by atoms with Gasteiger partial charge in [0.2, 0.25) is 0 Å². The second kappa shape index (κ2) is 16.4. The third-order valence-electron chi connectivity index (χ3n) is 12.4. The second-order valence-electron chi connectivity index (χ2n) is 17.0. The number of nitriles is 1. The molecule has 324 valence electrons. The Morgan fingerprint density at radius 3 is 1.79 bits per heavy atom. The summed E-state index contributed by atoms with van der Waals surface area (Å²) in [5.74, 6) is -0.811. The zero-order chi connectivity index (χ0) is 46.8. The molecule has 10 aromatic rings. The Labute approximate surface area is 393 Å². The molecule has 0 fully saturated rings. The molecule has 11 nitrogen and oxygen atoms in total. The maximum Gasteiger partial charge on any atom is 0.270 e. The van der Waals surface area contributed by atoms with Gasteiger partial charge in [0.05, 0.1) is 39.8 Å². The van der Waals surface area contributed by atoms with E-state index in [0.717, 1.165) is 53.7 Å². The molecular weight excluding hydrogens is 865 g/mol. The van der Waals surface area contributed by atoms with E-state index in [9.17, 15) is 20.3 Å². The van der Waals surface area contributed by atoms with E-state index in [-0.39, 0.29) is 34.4 Å². The first-order valence-electron chi connectivity index (χ1n) is 21.7. The van der Waals surface area contributed by atoms with Gasteiger partial charge in [0.25, 0.3) is 11.6 Å². The third-order valence-corrected chi connectivity index (χ3v) is 13.3. The predicted molar refractivity (Wildman–Crippen MR) is 271 cm³/mol. The number of amides is 1. The Kier molecular flexibility index (Phi) is 10.0. The van der Waals surface area contributed by atoms with Crippen molar-refractivity contribution in [3.63, 3.8) is 0 Å². The number of carbonyl (C=O) groups is 1. The van der Waals surface area contributed by atoms with Crippen LogP contribution in [-0.2, 0) is 0 Å². The number of aryl methyl sites for hydroxylation is 1. The summed E-state index contributed by atoms with van der Waals surface area (Å²) in [6.07, 6.45) is 0. The van der Waals surface area contributed by atoms with Crippen LogP contribution in [0.1, 0.15) is 52.4 Å². The van der Waals surface area contributed by atoms with Gasteiger partial charge in [-0.1, -0.05) is 91.9 Å². The SMILES string of the molecule is [C-]#[N+]/C(C#N)=C1/c2ccc(N=Nc3c(O)c(C(=O)Nc4nc5cc(C)ccc5s4)cc4cc5ccccc5cc34)cc2-c2cc(N=Nc3c(O)c(C(C)C)cc4cc5ccccc5cc34)ccc21. The molecule has 68 heavy (non-hydrogen) atoms. The molecule has 0 radical (unpaired) electrons. The lowest BCUT2D eigenvalue weighted by atomic mass is 9.94. The number of phenolic OH excluding ortho intramolecular Hbond substituents is 2. The van der Waals surface area contributed by atoms with E-state index in [1.807, 2.05) is 118 Å². The fourth-order valence-electron chi connectivity index (χ4n) is 9.04. The van der Waals surface area contributed by atoms with Crippen LogP contribution in [0.15, 0.2) is 166 Å². The fraction of sp³-hybridized carbons (Fsp3) is 0.0714. The summed E-state index contributed by atoms with van der Waals surface area (Å²) in [7, 11) is 0. The van der Waals surface area contributed by atoms with Gasteiger partial charge in [-0.2, -0.15) is 10.2 Å². The molecule has 1 heterocycles. The molecule has 0 spiro atoms. The lowest BCUT2D eigenvalue weighted by Gasteiger charge is -2.14. The number of rotatable bonds is 7. The highest BCUT2D eigenvalue weighted by molar-refractivity contribution is 7.22. The van der Waals surface area contributed by atoms with Crippen molar-refractivity contribution in [1.82, 2.24) is 4.98 Å². The van der Waals surface area contributed by atoms with Crippen molar-refractivity contribution in [2.45, 2.75) is 26.7 Å². The topological polar surface area (TPSA) is 160 Å². The standard InChI is InChI=1S/C56H36N8O3S/c1-29(2)41-24-35-20-31-9-5-7-11-33(31)22-42(35)51(53(41)65)63-61-37-14-16-39-44(26-37)45-27-38(15-17-40(45)50(39)48(28-57)58-4)62-64-52-43-23-34-12-8-6-10-32(34)21-36(43)25-46(54(52)66)55(67)60-56-59-47-19-30(3)13-18-49(47)68-56/h5-27,29,65-66H,1-3H3,(H,59,60,67)/b50-48+,63-61?,64-62?. The normalized spacial score (nSPS) is 13.0. The number of nitrogens with zero attached hydrogens (tertiary/aromatic N) is 7. The number of azo groups is 2. The van der Waals surface area contributed by atoms with Gasteiger partial charge < -0.3 is 10.2 Å². The Bertz CT molecular complexity index is 4010. The minimum atomic E-state index is -0.552. The van der Waals surface area contributed by atoms with Gasteiger partial charge >= 0.3 is 0 Å². The van der Waals surface area contributed by atoms with Crippen LogP contribution in [0.3, 0.4) is 0 Å². The van der Waals surface area contributed by atoms with Gasteiger partial charge in [-0.25, -0.2) is 15.1 Å². The van der Waals surface area contributed by atoms with E-state index in [2.05, 4.69) is 53.8 Å². The van der Waals surface area contributed by atoms with Gasteiger partial charge in [0.15, 0.2) is 10.9 Å². The number of aromatic hydroxyl groups is 2. The average Bonchev–Trinajstić information content (AvgIpc) is 3.89. The number of carbonyl (C=O) groups excluding carboxylic acids is 1. The smallest absolute Gasteiger partial charge is 0.270 e. The average molecular weight is 901 g/mol. The van der Waals surface area contributed by atoms with Gasteiger partial charge in [-0.3, -0.25) is 10.1 Å². The number of benzene rings is 9. The maximum atomic E-state index is 14.0. The number of phenols is 2. The van der Waals surface area contributed by atoms with E-state index in [1.165, 1.54) is 11.3 Å². The number of allylic oxidation sites excluding steroid dienone is 1. The van der Waals surface area contributed by atoms with Crippen molar-refractivity contribution in [2.75, 3.05) is 5.32 Å². The number of hydrogen-bond donors (Lipinski definition) is 3. The van der Waals surface area contributed by atoms with Crippen molar-refractivity contribution in [2.24, 2.45) is 20.5 Å². The highest BCUT2D eigenvalue weighted by Gasteiger charge is 2.28. The van der Waals surface area contributed by atoms with Crippen molar-refractivity contribution in [1.29, 1.82) is 5.26 Å². The van der Waals surface area contributed by atoms with Crippen molar-refractivity contribution in [3.8, 4) is 28.7 Å². The first-order chi connectivity index (χ1) is 33.0. The Morgan fingerprint density at radius 2 is 1.24 bits per heavy atom. The lowest BCUT2D eigenvalue weighted by Crippen LogP contribution is -2.12. The first kappa shape index (κ1) is 41.6. The lowest BCUT2D eigenvalue weighted by molar-refractivity contribution is 0.102. The van der Waals surface area contributed by atoms with E-state index in [0.29, 0.717) is 60.8 Å². The fourth-order valence-corrected chi connectivity index (χ4v) is 9.88. The number of fused-ring (bicyclic) bond motifs is 8. The molecule has 0 atom stereocenters. The monoisotopic (exact) mass is 900 g/mol. The largest absolute Gasteiger partial charge is 0.505 e. The summed E-state index contributed by atoms with van der Waals surface area (Å²) in [6, 6.07) is 46.2. The highest BCUT2D eigenvalue weighted by Crippen LogP contribution is 2.50. The summed E-state index contributed by atoms with van der Waals surface area (Å²) in [5, 5.41) is 62.4. The summed E-state index contributed by atoms with van der Waals surface area (Å²) in [6.45, 7) is 13.9. The molecule has 1 aromatic heterocycles. The number of anilines is 1. The molecule has 9 aromatic carbocycles. The summed E-state index contributed by atoms with van der Waals surface area (Å²) in [5.41, 5.74) is 7.05. The Hall–Kier alpha value is -9.10. The van der Waals surface area contributed by atoms with Gasteiger partial charge in [0, 0.05) is 16.3 Å². The van der Waals surface area contributed by atoms with Crippen LogP contribution in [-0.4, -0.2) is 21.1 Å². The van der Waals surface area contributed by atoms with Crippen LogP contribution in [0.5, 0.6) is 11.5 Å². The van der Waals surface area contributed by atoms with Gasteiger partial charge in [-0.15, -0.1) is 10.2 Å². The molecule has 11 rings (SSSR count). The van der Waals surface area contributed by atoms with E-state index in [1.54, 1.807) is 30.3 Å². The maximum absolute atomic E-state index is 14.0. The van der Waals surface area contributed by atoms with Crippen LogP contribution in [0.2, 0.25) is 0 Å². The van der Waals surface area contributed by atoms with Crippen molar-refractivity contribution < 1.29 is 15.0 Å². The van der Waals surface area contributed by atoms with Gasteiger partial charge in [0.1, 0.15) is 17.1 Å². The number of thiazole rings is 1. The molecule has 1 aliphatic carbocycles. The highest BCUT2D eigenvalue weighted by atomic mass is 32.1.